The Kier molecular flexibility index (Phi) is 9.34. The van der Waals surface area contributed by atoms with Crippen LogP contribution in [0.4, 0.5) is 10.7 Å². The maximum Gasteiger partial charge on any atom is 0.259 e. The fourth-order valence-corrected chi connectivity index (χ4v) is 6.61. The fraction of sp³-hybridized carbons (Fsp3) is 0.314. The summed E-state index contributed by atoms with van der Waals surface area (Å²) >= 11 is 7.65. The third kappa shape index (κ3) is 7.23. The van der Waals surface area contributed by atoms with E-state index in [0.29, 0.717) is 41.2 Å². The lowest BCUT2D eigenvalue weighted by Crippen LogP contribution is -2.27. The Balaban J connectivity index is 1.42. The van der Waals surface area contributed by atoms with Gasteiger partial charge in [-0.1, -0.05) is 62.7 Å². The Morgan fingerprint density at radius 3 is 2.52 bits per heavy atom. The predicted octanol–water partition coefficient (Wildman–Crippen LogP) is 9.53. The van der Waals surface area contributed by atoms with Crippen molar-refractivity contribution in [1.82, 2.24) is 0 Å². The Morgan fingerprint density at radius 1 is 1.05 bits per heavy atom. The lowest BCUT2D eigenvalue weighted by atomic mass is 9.72. The van der Waals surface area contributed by atoms with Crippen LogP contribution in [0.1, 0.15) is 66.0 Å². The zero-order valence-corrected chi connectivity index (χ0v) is 26.1. The van der Waals surface area contributed by atoms with Crippen molar-refractivity contribution in [1.29, 1.82) is 0 Å². The van der Waals surface area contributed by atoms with Crippen LogP contribution in [0.2, 0.25) is 5.02 Å². The van der Waals surface area contributed by atoms with Gasteiger partial charge in [0.2, 0.25) is 0 Å². The van der Waals surface area contributed by atoms with Gasteiger partial charge in [0.1, 0.15) is 11.6 Å². The molecule has 3 aromatic carbocycles. The van der Waals surface area contributed by atoms with E-state index in [2.05, 4.69) is 26.1 Å². The third-order valence-corrected chi connectivity index (χ3v) is 9.05. The number of halogens is 1. The van der Waals surface area contributed by atoms with Gasteiger partial charge < -0.3 is 14.8 Å². The van der Waals surface area contributed by atoms with Crippen LogP contribution in [-0.4, -0.2) is 18.7 Å². The van der Waals surface area contributed by atoms with Crippen molar-refractivity contribution in [2.45, 2.75) is 53.6 Å². The second kappa shape index (κ2) is 13.1. The predicted molar refractivity (Wildman–Crippen MR) is 174 cm³/mol. The van der Waals surface area contributed by atoms with E-state index in [1.54, 1.807) is 11.3 Å². The highest BCUT2D eigenvalue weighted by Crippen LogP contribution is 2.45. The number of ether oxygens (including phenoxy) is 2. The molecule has 42 heavy (non-hydrogen) atoms. The summed E-state index contributed by atoms with van der Waals surface area (Å²) in [6.07, 6.45) is 4.73. The van der Waals surface area contributed by atoms with Gasteiger partial charge >= 0.3 is 0 Å². The minimum atomic E-state index is -0.110. The van der Waals surface area contributed by atoms with Gasteiger partial charge in [-0.05, 0) is 96.7 Å². The van der Waals surface area contributed by atoms with E-state index >= 15 is 0 Å². The number of nitrogens with zero attached hydrogens (tertiary/aromatic N) is 1. The van der Waals surface area contributed by atoms with Gasteiger partial charge in [-0.2, -0.15) is 0 Å². The molecule has 0 bridgehead atoms. The average Bonchev–Trinajstić information content (AvgIpc) is 3.34. The second-order valence-corrected chi connectivity index (χ2v) is 13.1. The van der Waals surface area contributed by atoms with E-state index in [4.69, 9.17) is 26.1 Å². The van der Waals surface area contributed by atoms with Crippen molar-refractivity contribution in [3.63, 3.8) is 0 Å². The molecule has 1 N–H and O–H groups in total. The van der Waals surface area contributed by atoms with E-state index in [1.807, 2.05) is 85.9 Å². The quantitative estimate of drug-likeness (QED) is 0.195. The van der Waals surface area contributed by atoms with Crippen LogP contribution in [0.3, 0.4) is 0 Å². The molecule has 1 heterocycles. The largest absolute Gasteiger partial charge is 0.490 e. The van der Waals surface area contributed by atoms with Gasteiger partial charge in [-0.15, -0.1) is 11.3 Å². The number of nitrogens with one attached hydrogen (secondary N) is 1. The van der Waals surface area contributed by atoms with E-state index < -0.39 is 0 Å². The molecule has 0 saturated carbocycles. The third-order valence-electron chi connectivity index (χ3n) is 7.64. The summed E-state index contributed by atoms with van der Waals surface area (Å²) in [6.45, 7) is 9.77. The van der Waals surface area contributed by atoms with Crippen molar-refractivity contribution in [3.8, 4) is 11.5 Å². The highest BCUT2D eigenvalue weighted by Gasteiger charge is 2.33. The number of anilines is 1. The topological polar surface area (TPSA) is 59.9 Å². The molecule has 0 fully saturated rings. The molecule has 1 aliphatic carbocycles. The zero-order valence-electron chi connectivity index (χ0n) is 24.6. The molecule has 0 saturated heterocycles. The number of hydrogen-bond donors (Lipinski definition) is 1. The summed E-state index contributed by atoms with van der Waals surface area (Å²) in [5.41, 5.74) is 4.70. The SMILES string of the molecule is CCOc1cc(C=Nc2sc3c(c2C(=O)Nc2ccccc2)CC[C@@H](C(C)(C)C)C3)ccc1OCc1ccc(Cl)cc1. The van der Waals surface area contributed by atoms with Crippen molar-refractivity contribution >= 4 is 45.7 Å². The standard InChI is InChI=1S/C35H37ClN2O3S/c1-5-40-30-19-24(13-18-29(30)41-22-23-11-15-26(36)16-12-23)21-37-34-32(33(39)38-27-9-7-6-8-10-27)28-17-14-25(35(2,3)4)20-31(28)42-34/h6-13,15-16,18-19,21,25H,5,14,17,20,22H2,1-4H3,(H,38,39)/t25-/m1/s1. The molecule has 0 aliphatic heterocycles. The fourth-order valence-electron chi connectivity index (χ4n) is 5.22. The van der Waals surface area contributed by atoms with Gasteiger partial charge in [0, 0.05) is 21.8 Å². The van der Waals surface area contributed by atoms with E-state index in [0.717, 1.165) is 46.6 Å². The van der Waals surface area contributed by atoms with E-state index in [1.165, 1.54) is 4.88 Å². The number of para-hydroxylation sites is 1. The number of carbonyl (C=O) groups is 1. The average molecular weight is 601 g/mol. The number of fused-ring (bicyclic) bond motifs is 1. The molecule has 5 rings (SSSR count). The Hall–Kier alpha value is -3.61. The second-order valence-electron chi connectivity index (χ2n) is 11.6. The number of hydrogen-bond acceptors (Lipinski definition) is 5. The number of benzene rings is 3. The summed E-state index contributed by atoms with van der Waals surface area (Å²) in [7, 11) is 0. The number of thiophene rings is 1. The number of rotatable bonds is 9. The van der Waals surface area contributed by atoms with E-state index in [9.17, 15) is 4.79 Å². The molecule has 7 heteroatoms. The van der Waals surface area contributed by atoms with Crippen molar-refractivity contribution < 1.29 is 14.3 Å². The first-order valence-corrected chi connectivity index (χ1v) is 15.6. The normalized spacial score (nSPS) is 14.9. The molecule has 0 spiro atoms. The Bertz CT molecular complexity index is 1560. The molecule has 1 aliphatic rings. The van der Waals surface area contributed by atoms with Gasteiger partial charge in [0.15, 0.2) is 11.5 Å². The van der Waals surface area contributed by atoms with Crippen LogP contribution in [0.5, 0.6) is 11.5 Å². The van der Waals surface area contributed by atoms with Crippen molar-refractivity contribution in [3.05, 3.63) is 105 Å². The summed E-state index contributed by atoms with van der Waals surface area (Å²) in [6, 6.07) is 23.0. The Labute approximate surface area is 257 Å². The van der Waals surface area contributed by atoms with Crippen molar-refractivity contribution in [2.75, 3.05) is 11.9 Å². The minimum Gasteiger partial charge on any atom is -0.490 e. The first kappa shape index (κ1) is 29.9. The molecule has 1 aromatic heterocycles. The number of aliphatic imine (C=N–C) groups is 1. The summed E-state index contributed by atoms with van der Waals surface area (Å²) in [5.74, 6) is 1.77. The first-order valence-electron chi connectivity index (χ1n) is 14.4. The zero-order chi connectivity index (χ0) is 29.7. The molecule has 0 radical (unpaired) electrons. The molecule has 218 valence electrons. The number of amides is 1. The molecule has 1 amide bonds. The molecular formula is C35H37ClN2O3S. The lowest BCUT2D eigenvalue weighted by molar-refractivity contribution is 0.102. The van der Waals surface area contributed by atoms with Crippen LogP contribution in [0.15, 0.2) is 77.8 Å². The van der Waals surface area contributed by atoms with Gasteiger partial charge in [-0.3, -0.25) is 4.79 Å². The Morgan fingerprint density at radius 2 is 1.81 bits per heavy atom. The monoisotopic (exact) mass is 600 g/mol. The molecular weight excluding hydrogens is 564 g/mol. The smallest absolute Gasteiger partial charge is 0.259 e. The van der Waals surface area contributed by atoms with Crippen LogP contribution in [0.25, 0.3) is 0 Å². The molecule has 5 nitrogen and oxygen atoms in total. The summed E-state index contributed by atoms with van der Waals surface area (Å²) < 4.78 is 12.0. The molecule has 1 atom stereocenters. The summed E-state index contributed by atoms with van der Waals surface area (Å²) in [5, 5.41) is 4.52. The minimum absolute atomic E-state index is 0.110. The number of carbonyl (C=O) groups excluding carboxylic acids is 1. The maximum absolute atomic E-state index is 13.6. The van der Waals surface area contributed by atoms with Crippen LogP contribution in [0, 0.1) is 11.3 Å². The molecule has 4 aromatic rings. The van der Waals surface area contributed by atoms with Crippen LogP contribution < -0.4 is 14.8 Å². The highest BCUT2D eigenvalue weighted by molar-refractivity contribution is 7.16. The van der Waals surface area contributed by atoms with Gasteiger partial charge in [-0.25, -0.2) is 4.99 Å². The maximum atomic E-state index is 13.6. The lowest BCUT2D eigenvalue weighted by Gasteiger charge is -2.33. The first-order chi connectivity index (χ1) is 20.2. The van der Waals surface area contributed by atoms with Crippen LogP contribution in [-0.2, 0) is 19.4 Å². The molecule has 0 unspecified atom stereocenters. The van der Waals surface area contributed by atoms with Gasteiger partial charge in [0.25, 0.3) is 5.91 Å². The van der Waals surface area contributed by atoms with Crippen LogP contribution >= 0.6 is 22.9 Å². The highest BCUT2D eigenvalue weighted by atomic mass is 35.5. The van der Waals surface area contributed by atoms with Gasteiger partial charge in [0.05, 0.1) is 12.2 Å². The summed E-state index contributed by atoms with van der Waals surface area (Å²) in [4.78, 5) is 19.8. The van der Waals surface area contributed by atoms with Crippen molar-refractivity contribution in [2.24, 2.45) is 16.3 Å². The van der Waals surface area contributed by atoms with E-state index in [-0.39, 0.29) is 11.3 Å².